The smallest absolute Gasteiger partial charge is 0.401 e. The molecule has 0 aliphatic carbocycles. The lowest BCUT2D eigenvalue weighted by atomic mass is 10.1. The maximum atomic E-state index is 12.5. The van der Waals surface area contributed by atoms with Gasteiger partial charge in [0.1, 0.15) is 5.75 Å². The Kier molecular flexibility index (Phi) is 10.4. The minimum Gasteiger partial charge on any atom is -0.496 e. The molecule has 9 heteroatoms. The number of nitrogens with one attached hydrogen (secondary N) is 2. The zero-order valence-corrected chi connectivity index (χ0v) is 18.9. The van der Waals surface area contributed by atoms with Crippen LogP contribution >= 0.6 is 24.0 Å². The van der Waals surface area contributed by atoms with Crippen LogP contribution < -0.4 is 15.4 Å². The summed E-state index contributed by atoms with van der Waals surface area (Å²) in [4.78, 5) is 5.99. The van der Waals surface area contributed by atoms with E-state index in [2.05, 4.69) is 21.7 Å². The molecular weight excluding hydrogens is 484 g/mol. The van der Waals surface area contributed by atoms with Crippen molar-refractivity contribution in [3.63, 3.8) is 0 Å². The van der Waals surface area contributed by atoms with Crippen molar-refractivity contribution in [2.75, 3.05) is 39.8 Å². The fraction of sp³-hybridized carbons (Fsp3) is 0.632. The zero-order valence-electron chi connectivity index (χ0n) is 16.6. The highest BCUT2D eigenvalue weighted by molar-refractivity contribution is 14.0. The molecule has 1 unspecified atom stereocenters. The molecule has 0 saturated carbocycles. The number of aryl methyl sites for hydroxylation is 1. The lowest BCUT2D eigenvalue weighted by Gasteiger charge is -2.19. The summed E-state index contributed by atoms with van der Waals surface area (Å²) < 4.78 is 42.9. The third-order valence-corrected chi connectivity index (χ3v) is 4.50. The first kappa shape index (κ1) is 24.8. The molecule has 1 atom stereocenters. The molecule has 5 nitrogen and oxygen atoms in total. The highest BCUT2D eigenvalue weighted by Crippen LogP contribution is 2.20. The number of likely N-dealkylation sites (tertiary alicyclic amines) is 1. The number of rotatable bonds is 7. The van der Waals surface area contributed by atoms with Crippen molar-refractivity contribution in [3.05, 3.63) is 29.3 Å². The van der Waals surface area contributed by atoms with Crippen LogP contribution in [0.5, 0.6) is 5.75 Å². The molecule has 0 aromatic heterocycles. The summed E-state index contributed by atoms with van der Waals surface area (Å²) in [5.74, 6) is 1.51. The van der Waals surface area contributed by atoms with Gasteiger partial charge in [0.15, 0.2) is 5.96 Å². The van der Waals surface area contributed by atoms with Gasteiger partial charge in [-0.05, 0) is 43.9 Å². The minimum atomic E-state index is -4.15. The van der Waals surface area contributed by atoms with E-state index in [1.54, 1.807) is 7.11 Å². The van der Waals surface area contributed by atoms with E-state index in [0.29, 0.717) is 38.6 Å². The number of nitrogens with zero attached hydrogens (tertiary/aromatic N) is 2. The molecule has 28 heavy (non-hydrogen) atoms. The molecule has 0 radical (unpaired) electrons. The number of methoxy groups -OCH3 is 1. The SMILES string of the molecule is CCNC(=NCCc1ccc(C)c(OC)c1)NC1CCN(CC(F)(F)F)C1.I. The third kappa shape index (κ3) is 8.42. The van der Waals surface area contributed by atoms with Crippen molar-refractivity contribution >= 4 is 29.9 Å². The van der Waals surface area contributed by atoms with Gasteiger partial charge in [-0.3, -0.25) is 9.89 Å². The number of alkyl halides is 3. The Bertz CT molecular complexity index is 640. The first-order chi connectivity index (χ1) is 12.8. The van der Waals surface area contributed by atoms with E-state index in [1.165, 1.54) is 4.90 Å². The second-order valence-corrected chi connectivity index (χ2v) is 6.79. The van der Waals surface area contributed by atoms with Gasteiger partial charge in [0, 0.05) is 32.2 Å². The quantitative estimate of drug-likeness (QED) is 0.333. The van der Waals surface area contributed by atoms with E-state index in [4.69, 9.17) is 4.74 Å². The van der Waals surface area contributed by atoms with Crippen LogP contribution in [0.1, 0.15) is 24.5 Å². The molecule has 1 heterocycles. The summed E-state index contributed by atoms with van der Waals surface area (Å²) in [5.41, 5.74) is 2.22. The molecule has 0 amide bonds. The first-order valence-electron chi connectivity index (χ1n) is 9.28. The number of guanidine groups is 1. The van der Waals surface area contributed by atoms with E-state index in [1.807, 2.05) is 26.0 Å². The van der Waals surface area contributed by atoms with Crippen molar-refractivity contribution in [2.45, 2.75) is 38.9 Å². The van der Waals surface area contributed by atoms with Crippen molar-refractivity contribution in [2.24, 2.45) is 4.99 Å². The number of hydrogen-bond donors (Lipinski definition) is 2. The van der Waals surface area contributed by atoms with Gasteiger partial charge in [0.05, 0.1) is 13.7 Å². The van der Waals surface area contributed by atoms with E-state index >= 15 is 0 Å². The van der Waals surface area contributed by atoms with Crippen LogP contribution in [-0.2, 0) is 6.42 Å². The van der Waals surface area contributed by atoms with Gasteiger partial charge in [-0.2, -0.15) is 13.2 Å². The Hall–Kier alpha value is -1.23. The molecule has 1 aromatic rings. The van der Waals surface area contributed by atoms with Crippen LogP contribution in [0.25, 0.3) is 0 Å². The number of ether oxygens (including phenoxy) is 1. The Morgan fingerprint density at radius 1 is 1.36 bits per heavy atom. The Morgan fingerprint density at radius 2 is 2.11 bits per heavy atom. The van der Waals surface area contributed by atoms with E-state index < -0.39 is 12.7 Å². The molecular formula is C19H30F3IN4O. The number of halogens is 4. The molecule has 0 spiro atoms. The Balaban J connectivity index is 0.00000392. The van der Waals surface area contributed by atoms with Gasteiger partial charge in [0.2, 0.25) is 0 Å². The van der Waals surface area contributed by atoms with Gasteiger partial charge >= 0.3 is 6.18 Å². The van der Waals surface area contributed by atoms with Crippen LogP contribution in [0.15, 0.2) is 23.2 Å². The minimum absolute atomic E-state index is 0. The predicted molar refractivity (Wildman–Crippen MR) is 117 cm³/mol. The lowest BCUT2D eigenvalue weighted by Crippen LogP contribution is -2.45. The normalized spacial score (nSPS) is 17.9. The standard InChI is InChI=1S/C19H29F3N4O.HI/c1-4-23-18(25-16-8-10-26(12-16)13-19(20,21)22)24-9-7-15-6-5-14(2)17(11-15)27-3;/h5-6,11,16H,4,7-10,12-13H2,1-3H3,(H2,23,24,25);1H. The Labute approximate surface area is 182 Å². The molecule has 1 fully saturated rings. The van der Waals surface area contributed by atoms with Crippen LogP contribution in [0, 0.1) is 6.92 Å². The van der Waals surface area contributed by atoms with Crippen LogP contribution in [-0.4, -0.2) is 62.9 Å². The molecule has 1 aliphatic rings. The molecule has 2 N–H and O–H groups in total. The summed E-state index contributed by atoms with van der Waals surface area (Å²) in [6.45, 7) is 5.21. The maximum absolute atomic E-state index is 12.5. The lowest BCUT2D eigenvalue weighted by molar-refractivity contribution is -0.143. The van der Waals surface area contributed by atoms with Crippen LogP contribution in [0.3, 0.4) is 0 Å². The highest BCUT2D eigenvalue weighted by Gasteiger charge is 2.34. The second kappa shape index (κ2) is 11.7. The van der Waals surface area contributed by atoms with Gasteiger partial charge in [-0.1, -0.05) is 12.1 Å². The van der Waals surface area contributed by atoms with E-state index in [-0.39, 0.29) is 30.0 Å². The molecule has 0 bridgehead atoms. The summed E-state index contributed by atoms with van der Waals surface area (Å²) in [7, 11) is 1.65. The first-order valence-corrected chi connectivity index (χ1v) is 9.28. The fourth-order valence-electron chi connectivity index (χ4n) is 3.18. The van der Waals surface area contributed by atoms with Gasteiger partial charge < -0.3 is 15.4 Å². The van der Waals surface area contributed by atoms with Crippen molar-refractivity contribution in [1.29, 1.82) is 0 Å². The summed E-state index contributed by atoms with van der Waals surface area (Å²) in [6.07, 6.45) is -2.71. The topological polar surface area (TPSA) is 48.9 Å². The second-order valence-electron chi connectivity index (χ2n) is 6.79. The highest BCUT2D eigenvalue weighted by atomic mass is 127. The predicted octanol–water partition coefficient (Wildman–Crippen LogP) is 3.36. The zero-order chi connectivity index (χ0) is 19.9. The average molecular weight is 514 g/mol. The summed E-state index contributed by atoms with van der Waals surface area (Å²) in [5, 5.41) is 6.42. The largest absolute Gasteiger partial charge is 0.496 e. The summed E-state index contributed by atoms with van der Waals surface area (Å²) in [6, 6.07) is 6.07. The monoisotopic (exact) mass is 514 g/mol. The van der Waals surface area contributed by atoms with Crippen molar-refractivity contribution < 1.29 is 17.9 Å². The van der Waals surface area contributed by atoms with Crippen molar-refractivity contribution in [3.8, 4) is 5.75 Å². The van der Waals surface area contributed by atoms with Gasteiger partial charge in [0.25, 0.3) is 0 Å². The Morgan fingerprint density at radius 3 is 2.75 bits per heavy atom. The third-order valence-electron chi connectivity index (χ3n) is 4.50. The number of benzene rings is 1. The molecule has 160 valence electrons. The number of aliphatic imine (C=N–C) groups is 1. The van der Waals surface area contributed by atoms with E-state index in [9.17, 15) is 13.2 Å². The average Bonchev–Trinajstić information content (AvgIpc) is 3.01. The van der Waals surface area contributed by atoms with Gasteiger partial charge in [-0.15, -0.1) is 24.0 Å². The van der Waals surface area contributed by atoms with Crippen LogP contribution in [0.2, 0.25) is 0 Å². The molecule has 1 aromatic carbocycles. The van der Waals surface area contributed by atoms with Gasteiger partial charge in [-0.25, -0.2) is 0 Å². The van der Waals surface area contributed by atoms with E-state index in [0.717, 1.165) is 23.3 Å². The van der Waals surface area contributed by atoms with Crippen LogP contribution in [0.4, 0.5) is 13.2 Å². The molecule has 1 aliphatic heterocycles. The summed E-state index contributed by atoms with van der Waals surface area (Å²) >= 11 is 0. The molecule has 1 saturated heterocycles. The number of hydrogen-bond acceptors (Lipinski definition) is 3. The molecule has 2 rings (SSSR count). The van der Waals surface area contributed by atoms with Crippen molar-refractivity contribution in [1.82, 2.24) is 15.5 Å². The maximum Gasteiger partial charge on any atom is 0.401 e. The fourth-order valence-corrected chi connectivity index (χ4v) is 3.18.